The van der Waals surface area contributed by atoms with Gasteiger partial charge in [-0.15, -0.1) is 0 Å². The van der Waals surface area contributed by atoms with Gasteiger partial charge in [0.1, 0.15) is 12.1 Å². The van der Waals surface area contributed by atoms with Crippen molar-refractivity contribution in [2.45, 2.75) is 32.6 Å². The van der Waals surface area contributed by atoms with Crippen LogP contribution in [0.15, 0.2) is 0 Å². The lowest BCUT2D eigenvalue weighted by molar-refractivity contribution is -0.128. The van der Waals surface area contributed by atoms with Crippen LogP contribution in [-0.4, -0.2) is 25.3 Å². The van der Waals surface area contributed by atoms with Crippen LogP contribution in [0.25, 0.3) is 0 Å². The minimum atomic E-state index is -0.372. The van der Waals surface area contributed by atoms with Gasteiger partial charge in [0.15, 0.2) is 0 Å². The molecule has 1 aliphatic heterocycles. The molecule has 1 atom stereocenters. The van der Waals surface area contributed by atoms with Crippen LogP contribution in [0.5, 0.6) is 0 Å². The summed E-state index contributed by atoms with van der Waals surface area (Å²) in [5, 5.41) is 0. The Balaban J connectivity index is 2.38. The van der Waals surface area contributed by atoms with E-state index in [0.717, 1.165) is 38.8 Å². The summed E-state index contributed by atoms with van der Waals surface area (Å²) in [7, 11) is 0. The van der Waals surface area contributed by atoms with Crippen LogP contribution in [0.2, 0.25) is 0 Å². The fourth-order valence-corrected chi connectivity index (χ4v) is 1.87. The van der Waals surface area contributed by atoms with Crippen LogP contribution >= 0.6 is 0 Å². The second kappa shape index (κ2) is 5.91. The highest BCUT2D eigenvalue weighted by molar-refractivity contribution is 5.92. The Morgan fingerprint density at radius 3 is 2.64 bits per heavy atom. The first-order valence-electron chi connectivity index (χ1n) is 5.33. The molecule has 0 spiro atoms. The third-order valence-electron chi connectivity index (χ3n) is 2.85. The van der Waals surface area contributed by atoms with Gasteiger partial charge in [0.05, 0.1) is 5.92 Å². The third-order valence-corrected chi connectivity index (χ3v) is 2.85. The van der Waals surface area contributed by atoms with Crippen molar-refractivity contribution >= 4 is 12.1 Å². The normalized spacial score (nSPS) is 20.4. The van der Waals surface area contributed by atoms with Gasteiger partial charge < -0.3 is 9.53 Å². The minimum absolute atomic E-state index is 0.0755. The molecule has 1 fully saturated rings. The largest absolute Gasteiger partial charge is 0.381 e. The number of rotatable bonds is 5. The van der Waals surface area contributed by atoms with Crippen molar-refractivity contribution in [2.24, 2.45) is 11.8 Å². The zero-order valence-electron chi connectivity index (χ0n) is 8.70. The second-order valence-corrected chi connectivity index (χ2v) is 3.85. The van der Waals surface area contributed by atoms with E-state index in [0.29, 0.717) is 12.3 Å². The van der Waals surface area contributed by atoms with Gasteiger partial charge in [-0.05, 0) is 25.2 Å². The van der Waals surface area contributed by atoms with Crippen molar-refractivity contribution in [3.8, 4) is 0 Å². The Hall–Kier alpha value is -0.700. The zero-order chi connectivity index (χ0) is 10.4. The van der Waals surface area contributed by atoms with Crippen LogP contribution in [-0.2, 0) is 14.3 Å². The SMILES string of the molecule is CCC(=O)C(C=O)CC1CCOCC1. The molecule has 0 aromatic carbocycles. The Morgan fingerprint density at radius 1 is 1.50 bits per heavy atom. The fourth-order valence-electron chi connectivity index (χ4n) is 1.87. The number of hydrogen-bond donors (Lipinski definition) is 0. The Bertz CT molecular complexity index is 195. The van der Waals surface area contributed by atoms with Gasteiger partial charge in [-0.2, -0.15) is 0 Å². The van der Waals surface area contributed by atoms with E-state index >= 15 is 0 Å². The van der Waals surface area contributed by atoms with Gasteiger partial charge >= 0.3 is 0 Å². The molecule has 0 aromatic heterocycles. The van der Waals surface area contributed by atoms with Crippen LogP contribution in [0, 0.1) is 11.8 Å². The summed E-state index contributed by atoms with van der Waals surface area (Å²) in [6, 6.07) is 0. The molecule has 3 nitrogen and oxygen atoms in total. The predicted molar refractivity (Wildman–Crippen MR) is 53.0 cm³/mol. The first-order chi connectivity index (χ1) is 6.77. The van der Waals surface area contributed by atoms with Crippen molar-refractivity contribution in [1.82, 2.24) is 0 Å². The minimum Gasteiger partial charge on any atom is -0.381 e. The average Bonchev–Trinajstić information content (AvgIpc) is 2.26. The first-order valence-corrected chi connectivity index (χ1v) is 5.33. The van der Waals surface area contributed by atoms with Gasteiger partial charge in [-0.3, -0.25) is 4.79 Å². The van der Waals surface area contributed by atoms with Gasteiger partial charge in [-0.1, -0.05) is 6.92 Å². The van der Waals surface area contributed by atoms with Gasteiger partial charge in [0, 0.05) is 19.6 Å². The number of aldehydes is 1. The highest BCUT2D eigenvalue weighted by Gasteiger charge is 2.22. The number of ketones is 1. The number of Topliss-reactive ketones (excluding diaryl/α,β-unsaturated/α-hetero) is 1. The van der Waals surface area contributed by atoms with Gasteiger partial charge in [0.2, 0.25) is 0 Å². The number of carbonyl (C=O) groups excluding carboxylic acids is 2. The number of carbonyl (C=O) groups is 2. The van der Waals surface area contributed by atoms with E-state index in [2.05, 4.69) is 0 Å². The predicted octanol–water partition coefficient (Wildman–Crippen LogP) is 1.60. The quantitative estimate of drug-likeness (QED) is 0.498. The topological polar surface area (TPSA) is 43.4 Å². The fraction of sp³-hybridized carbons (Fsp3) is 0.818. The standard InChI is InChI=1S/C11H18O3/c1-2-11(13)10(8-12)7-9-3-5-14-6-4-9/h8-10H,2-7H2,1H3. The highest BCUT2D eigenvalue weighted by atomic mass is 16.5. The summed E-state index contributed by atoms with van der Waals surface area (Å²) in [4.78, 5) is 22.1. The Kier molecular flexibility index (Phi) is 4.80. The number of ether oxygens (including phenoxy) is 1. The summed E-state index contributed by atoms with van der Waals surface area (Å²) < 4.78 is 5.23. The molecule has 0 bridgehead atoms. The van der Waals surface area contributed by atoms with Crippen molar-refractivity contribution in [1.29, 1.82) is 0 Å². The Morgan fingerprint density at radius 2 is 2.14 bits per heavy atom. The third kappa shape index (κ3) is 3.22. The molecule has 1 rings (SSSR count). The molecule has 1 heterocycles. The molecule has 80 valence electrons. The molecule has 0 aliphatic carbocycles. The molecule has 0 N–H and O–H groups in total. The van der Waals surface area contributed by atoms with E-state index in [-0.39, 0.29) is 11.7 Å². The van der Waals surface area contributed by atoms with Crippen LogP contribution in [0.3, 0.4) is 0 Å². The molecule has 14 heavy (non-hydrogen) atoms. The second-order valence-electron chi connectivity index (χ2n) is 3.85. The molecule has 0 amide bonds. The van der Waals surface area contributed by atoms with E-state index in [9.17, 15) is 9.59 Å². The summed E-state index contributed by atoms with van der Waals surface area (Å²) in [6.45, 7) is 3.36. The van der Waals surface area contributed by atoms with Crippen molar-refractivity contribution in [2.75, 3.05) is 13.2 Å². The molecule has 0 saturated carbocycles. The molecule has 1 unspecified atom stereocenters. The van der Waals surface area contributed by atoms with E-state index in [1.54, 1.807) is 0 Å². The molecule has 3 heteroatoms. The summed E-state index contributed by atoms with van der Waals surface area (Å²) in [5.74, 6) is 0.198. The van der Waals surface area contributed by atoms with Crippen molar-refractivity contribution in [3.05, 3.63) is 0 Å². The maximum Gasteiger partial charge on any atom is 0.142 e. The Labute approximate surface area is 84.8 Å². The van der Waals surface area contributed by atoms with E-state index in [1.807, 2.05) is 6.92 Å². The summed E-state index contributed by atoms with van der Waals surface area (Å²) in [6.07, 6.45) is 3.97. The number of hydrogen-bond acceptors (Lipinski definition) is 3. The van der Waals surface area contributed by atoms with Crippen LogP contribution < -0.4 is 0 Å². The molecular formula is C11H18O3. The van der Waals surface area contributed by atoms with Gasteiger partial charge in [-0.25, -0.2) is 0 Å². The van der Waals surface area contributed by atoms with Crippen LogP contribution in [0.4, 0.5) is 0 Å². The smallest absolute Gasteiger partial charge is 0.142 e. The monoisotopic (exact) mass is 198 g/mol. The maximum atomic E-state index is 11.4. The zero-order valence-corrected chi connectivity index (χ0v) is 8.70. The maximum absolute atomic E-state index is 11.4. The van der Waals surface area contributed by atoms with E-state index in [4.69, 9.17) is 4.74 Å². The summed E-state index contributed by atoms with van der Waals surface area (Å²) >= 11 is 0. The highest BCUT2D eigenvalue weighted by Crippen LogP contribution is 2.23. The van der Waals surface area contributed by atoms with Crippen LogP contribution in [0.1, 0.15) is 32.6 Å². The molecule has 0 aromatic rings. The van der Waals surface area contributed by atoms with E-state index < -0.39 is 0 Å². The lowest BCUT2D eigenvalue weighted by Gasteiger charge is -2.23. The lowest BCUT2D eigenvalue weighted by atomic mass is 9.87. The molecule has 0 radical (unpaired) electrons. The molecule has 1 aliphatic rings. The lowest BCUT2D eigenvalue weighted by Crippen LogP contribution is -2.23. The molecule has 1 saturated heterocycles. The average molecular weight is 198 g/mol. The van der Waals surface area contributed by atoms with Crippen molar-refractivity contribution in [3.63, 3.8) is 0 Å². The van der Waals surface area contributed by atoms with Crippen molar-refractivity contribution < 1.29 is 14.3 Å². The van der Waals surface area contributed by atoms with E-state index in [1.165, 1.54) is 0 Å². The molecular weight excluding hydrogens is 180 g/mol. The first kappa shape index (κ1) is 11.4. The van der Waals surface area contributed by atoms with Gasteiger partial charge in [0.25, 0.3) is 0 Å². The summed E-state index contributed by atoms with van der Waals surface area (Å²) in [5.41, 5.74) is 0.